The van der Waals surface area contributed by atoms with Crippen molar-refractivity contribution in [3.05, 3.63) is 74.2 Å². The molecular weight excluding hydrogens is 428 g/mol. The van der Waals surface area contributed by atoms with Crippen molar-refractivity contribution in [2.45, 2.75) is 9.79 Å². The largest absolute Gasteiger partial charge is 0.296 e. The van der Waals surface area contributed by atoms with Crippen LogP contribution >= 0.6 is 0 Å². The van der Waals surface area contributed by atoms with Crippen molar-refractivity contribution in [2.24, 2.45) is 0 Å². The van der Waals surface area contributed by atoms with Crippen LogP contribution in [0.15, 0.2) is 63.7 Å². The molecule has 0 aromatic heterocycles. The number of allylic oxidation sites excluding steroid dienone is 1. The van der Waals surface area contributed by atoms with Crippen LogP contribution in [0.2, 0.25) is 0 Å². The first-order chi connectivity index (χ1) is 13.5. The molecule has 0 aliphatic carbocycles. The van der Waals surface area contributed by atoms with Gasteiger partial charge in [0, 0.05) is 23.2 Å². The van der Waals surface area contributed by atoms with Gasteiger partial charge in [-0.15, -0.1) is 0 Å². The van der Waals surface area contributed by atoms with Gasteiger partial charge in [-0.25, -0.2) is 16.8 Å². The van der Waals surface area contributed by atoms with Gasteiger partial charge in [0.1, 0.15) is 0 Å². The highest BCUT2D eigenvalue weighted by molar-refractivity contribution is 7.94. The van der Waals surface area contributed by atoms with Gasteiger partial charge in [0.05, 0.1) is 26.9 Å². The summed E-state index contributed by atoms with van der Waals surface area (Å²) in [5.41, 5.74) is -1.76. The summed E-state index contributed by atoms with van der Waals surface area (Å²) in [6.07, 6.45) is 0.764. The zero-order chi connectivity index (χ0) is 21.8. The topological polar surface area (TPSA) is 190 Å². The van der Waals surface area contributed by atoms with Crippen LogP contribution in [0.1, 0.15) is 0 Å². The second kappa shape index (κ2) is 8.04. The molecule has 0 saturated carbocycles. The van der Waals surface area contributed by atoms with E-state index in [9.17, 15) is 37.1 Å². The van der Waals surface area contributed by atoms with E-state index in [1.54, 1.807) is 0 Å². The quantitative estimate of drug-likeness (QED) is 0.383. The lowest BCUT2D eigenvalue weighted by atomic mass is 10.3. The molecule has 0 unspecified atom stereocenters. The molecule has 0 aliphatic heterocycles. The van der Waals surface area contributed by atoms with Gasteiger partial charge in [-0.05, 0) is 30.3 Å². The van der Waals surface area contributed by atoms with Gasteiger partial charge >= 0.3 is 0 Å². The van der Waals surface area contributed by atoms with Crippen LogP contribution in [-0.2, 0) is 19.9 Å². The smallest absolute Gasteiger partial charge is 0.279 e. The molecule has 12 nitrogen and oxygen atoms in total. The van der Waals surface area contributed by atoms with E-state index in [1.165, 1.54) is 6.07 Å². The number of hydrogen-bond donors (Lipinski definition) is 1. The Kier molecular flexibility index (Phi) is 5.95. The van der Waals surface area contributed by atoms with Crippen LogP contribution in [0.5, 0.6) is 0 Å². The number of hydrogen-bond acceptors (Lipinski definition) is 9. The van der Waals surface area contributed by atoms with Gasteiger partial charge in [-0.2, -0.15) is 5.26 Å². The summed E-state index contributed by atoms with van der Waals surface area (Å²) >= 11 is 0. The minimum Gasteiger partial charge on any atom is -0.279 e. The van der Waals surface area contributed by atoms with E-state index in [0.717, 1.165) is 42.5 Å². The molecule has 0 spiro atoms. The van der Waals surface area contributed by atoms with Crippen molar-refractivity contribution in [3.8, 4) is 6.07 Å². The Labute approximate surface area is 164 Å². The van der Waals surface area contributed by atoms with Gasteiger partial charge in [-0.1, -0.05) is 0 Å². The maximum atomic E-state index is 12.5. The highest BCUT2D eigenvalue weighted by Gasteiger charge is 2.28. The Morgan fingerprint density at radius 3 is 2.10 bits per heavy atom. The first-order valence-electron chi connectivity index (χ1n) is 7.35. The summed E-state index contributed by atoms with van der Waals surface area (Å²) in [6.45, 7) is 0. The van der Waals surface area contributed by atoms with E-state index in [2.05, 4.69) is 0 Å². The van der Waals surface area contributed by atoms with E-state index in [-0.39, 0.29) is 10.6 Å². The average Bonchev–Trinajstić information content (AvgIpc) is 2.66. The molecule has 0 fully saturated rings. The summed E-state index contributed by atoms with van der Waals surface area (Å²) < 4.78 is 50.8. The number of nitrogens with one attached hydrogen (secondary N) is 1. The van der Waals surface area contributed by atoms with Gasteiger partial charge in [-0.3, -0.25) is 25.0 Å². The first kappa shape index (κ1) is 21.5. The average molecular weight is 438 g/mol. The second-order valence-electron chi connectivity index (χ2n) is 5.27. The van der Waals surface area contributed by atoms with Crippen LogP contribution in [-0.4, -0.2) is 26.7 Å². The predicted molar refractivity (Wildman–Crippen MR) is 98.9 cm³/mol. The fraction of sp³-hybridized carbons (Fsp3) is 0. The van der Waals surface area contributed by atoms with E-state index in [1.807, 2.05) is 4.72 Å². The summed E-state index contributed by atoms with van der Waals surface area (Å²) in [4.78, 5) is 18.9. The SMILES string of the molecule is N#C/C=C/S(=O)(=O)c1ccc(NS(=O)(=O)c2ccc([N+](=O)[O-])cc2[N+](=O)[O-])cc1. The lowest BCUT2D eigenvalue weighted by molar-refractivity contribution is -0.396. The number of sulfonamides is 1. The Bertz CT molecular complexity index is 1260. The van der Waals surface area contributed by atoms with Crippen molar-refractivity contribution in [1.82, 2.24) is 0 Å². The molecule has 0 radical (unpaired) electrons. The standard InChI is InChI=1S/C15H10N4O8S2/c16-8-1-9-28(24,25)13-5-2-11(3-6-13)17-29(26,27)15-7-4-12(18(20)21)10-14(15)19(22)23/h1-7,9-10,17H/b9-1+. The van der Waals surface area contributed by atoms with Gasteiger partial charge < -0.3 is 0 Å². The number of nitriles is 1. The molecule has 0 heterocycles. The number of non-ortho nitro benzene ring substituents is 1. The second-order valence-corrected chi connectivity index (χ2v) is 8.76. The Morgan fingerprint density at radius 2 is 1.59 bits per heavy atom. The maximum absolute atomic E-state index is 12.5. The zero-order valence-corrected chi connectivity index (χ0v) is 15.8. The molecule has 0 atom stereocenters. The molecule has 2 aromatic rings. The molecule has 2 aromatic carbocycles. The molecule has 2 rings (SSSR count). The number of sulfone groups is 1. The summed E-state index contributed by atoms with van der Waals surface area (Å²) in [7, 11) is -8.41. The predicted octanol–water partition coefficient (Wildman–Crippen LogP) is 2.11. The van der Waals surface area contributed by atoms with Gasteiger partial charge in [0.25, 0.3) is 21.4 Å². The molecule has 150 valence electrons. The van der Waals surface area contributed by atoms with E-state index < -0.39 is 46.0 Å². The van der Waals surface area contributed by atoms with Gasteiger partial charge in [0.15, 0.2) is 4.90 Å². The van der Waals surface area contributed by atoms with Crippen molar-refractivity contribution in [1.29, 1.82) is 5.26 Å². The Hall–Kier alpha value is -3.83. The third-order valence-electron chi connectivity index (χ3n) is 3.40. The lowest BCUT2D eigenvalue weighted by Crippen LogP contribution is -2.15. The summed E-state index contributed by atoms with van der Waals surface area (Å²) in [5, 5.41) is 31.0. The third kappa shape index (κ3) is 4.91. The number of nitrogens with zero attached hydrogens (tertiary/aromatic N) is 3. The minimum atomic E-state index is -4.51. The molecule has 0 amide bonds. The molecule has 29 heavy (non-hydrogen) atoms. The van der Waals surface area contributed by atoms with Crippen LogP contribution in [0.25, 0.3) is 0 Å². The van der Waals surface area contributed by atoms with E-state index in [4.69, 9.17) is 5.26 Å². The molecule has 0 bridgehead atoms. The molecule has 1 N–H and O–H groups in total. The number of anilines is 1. The molecular formula is C15H10N4O8S2. The van der Waals surface area contributed by atoms with Crippen LogP contribution in [0, 0.1) is 31.6 Å². The molecule has 0 saturated heterocycles. The van der Waals surface area contributed by atoms with Crippen molar-refractivity contribution in [3.63, 3.8) is 0 Å². The number of nitro groups is 2. The van der Waals surface area contributed by atoms with Crippen LogP contribution in [0.3, 0.4) is 0 Å². The van der Waals surface area contributed by atoms with Crippen LogP contribution < -0.4 is 4.72 Å². The van der Waals surface area contributed by atoms with Crippen molar-refractivity contribution < 1.29 is 26.7 Å². The van der Waals surface area contributed by atoms with Crippen molar-refractivity contribution >= 4 is 36.9 Å². The minimum absolute atomic E-state index is 0.110. The van der Waals surface area contributed by atoms with E-state index in [0.29, 0.717) is 11.5 Å². The Balaban J connectivity index is 2.40. The fourth-order valence-corrected chi connectivity index (χ4v) is 4.24. The number of rotatable bonds is 7. The summed E-state index contributed by atoms with van der Waals surface area (Å²) in [5.74, 6) is 0. The fourth-order valence-electron chi connectivity index (χ4n) is 2.11. The summed E-state index contributed by atoms with van der Waals surface area (Å²) in [6, 6.07) is 7.92. The molecule has 14 heteroatoms. The molecule has 0 aliphatic rings. The van der Waals surface area contributed by atoms with E-state index >= 15 is 0 Å². The highest BCUT2D eigenvalue weighted by atomic mass is 32.2. The monoisotopic (exact) mass is 438 g/mol. The van der Waals surface area contributed by atoms with Gasteiger partial charge in [0.2, 0.25) is 9.84 Å². The maximum Gasteiger partial charge on any atom is 0.296 e. The first-order valence-corrected chi connectivity index (χ1v) is 10.4. The zero-order valence-electron chi connectivity index (χ0n) is 14.1. The normalized spacial score (nSPS) is 11.7. The Morgan fingerprint density at radius 1 is 0.966 bits per heavy atom. The third-order valence-corrected chi connectivity index (χ3v) is 6.25. The highest BCUT2D eigenvalue weighted by Crippen LogP contribution is 2.30. The lowest BCUT2D eigenvalue weighted by Gasteiger charge is -2.09. The number of benzene rings is 2. The van der Waals surface area contributed by atoms with Crippen LogP contribution in [0.4, 0.5) is 17.1 Å². The number of nitro benzene ring substituents is 2. The van der Waals surface area contributed by atoms with Crippen molar-refractivity contribution in [2.75, 3.05) is 4.72 Å².